The SMILES string of the molecule is CN(Cc1ccc(C#N)cc1Cl)C1CCCNCC1. The van der Waals surface area contributed by atoms with Crippen LogP contribution in [0.4, 0.5) is 0 Å². The Morgan fingerprint density at radius 1 is 1.42 bits per heavy atom. The molecule has 1 N–H and O–H groups in total. The van der Waals surface area contributed by atoms with Gasteiger partial charge in [0.1, 0.15) is 0 Å². The Bertz CT molecular complexity index is 459. The molecule has 1 fully saturated rings. The predicted octanol–water partition coefficient (Wildman–Crippen LogP) is 2.79. The van der Waals surface area contributed by atoms with Crippen LogP contribution in [-0.2, 0) is 6.54 Å². The topological polar surface area (TPSA) is 39.1 Å². The van der Waals surface area contributed by atoms with E-state index < -0.39 is 0 Å². The minimum absolute atomic E-state index is 0.613. The van der Waals surface area contributed by atoms with Crippen LogP contribution in [0, 0.1) is 11.3 Å². The third kappa shape index (κ3) is 3.94. The lowest BCUT2D eigenvalue weighted by molar-refractivity contribution is 0.216. The molecule has 1 saturated heterocycles. The fourth-order valence-corrected chi connectivity index (χ4v) is 2.82. The van der Waals surface area contributed by atoms with E-state index in [1.165, 1.54) is 19.3 Å². The fraction of sp³-hybridized carbons (Fsp3) is 0.533. The standard InChI is InChI=1S/C15H20ClN3/c1-19(14-3-2-7-18-8-6-14)11-13-5-4-12(10-17)9-15(13)16/h4-5,9,14,18H,2-3,6-8,11H2,1H3. The highest BCUT2D eigenvalue weighted by Gasteiger charge is 2.17. The van der Waals surface area contributed by atoms with Gasteiger partial charge in [-0.2, -0.15) is 5.26 Å². The Morgan fingerprint density at radius 3 is 3.00 bits per heavy atom. The van der Waals surface area contributed by atoms with Crippen LogP contribution >= 0.6 is 11.6 Å². The summed E-state index contributed by atoms with van der Waals surface area (Å²) in [5, 5.41) is 13.0. The molecule has 1 aliphatic rings. The average molecular weight is 278 g/mol. The van der Waals surface area contributed by atoms with Crippen LogP contribution in [0.1, 0.15) is 30.4 Å². The van der Waals surface area contributed by atoms with Crippen molar-refractivity contribution >= 4 is 11.6 Å². The zero-order valence-corrected chi connectivity index (χ0v) is 12.1. The number of nitrogens with zero attached hydrogens (tertiary/aromatic N) is 2. The maximum absolute atomic E-state index is 8.84. The monoisotopic (exact) mass is 277 g/mol. The Hall–Kier alpha value is -1.08. The third-order valence-electron chi connectivity index (χ3n) is 3.77. The number of hydrogen-bond acceptors (Lipinski definition) is 3. The van der Waals surface area contributed by atoms with Crippen LogP contribution in [0.25, 0.3) is 0 Å². The second-order valence-electron chi connectivity index (χ2n) is 5.17. The quantitative estimate of drug-likeness (QED) is 0.923. The summed E-state index contributed by atoms with van der Waals surface area (Å²) in [6, 6.07) is 8.28. The van der Waals surface area contributed by atoms with Crippen molar-refractivity contribution in [2.75, 3.05) is 20.1 Å². The highest BCUT2D eigenvalue weighted by Crippen LogP contribution is 2.21. The van der Waals surface area contributed by atoms with E-state index in [1.807, 2.05) is 12.1 Å². The Morgan fingerprint density at radius 2 is 2.26 bits per heavy atom. The van der Waals surface area contributed by atoms with Crippen LogP contribution in [-0.4, -0.2) is 31.1 Å². The maximum Gasteiger partial charge on any atom is 0.0992 e. The zero-order chi connectivity index (χ0) is 13.7. The van der Waals surface area contributed by atoms with Crippen LogP contribution in [0.5, 0.6) is 0 Å². The summed E-state index contributed by atoms with van der Waals surface area (Å²) in [4.78, 5) is 2.38. The predicted molar refractivity (Wildman–Crippen MR) is 78.1 cm³/mol. The summed E-state index contributed by atoms with van der Waals surface area (Å²) in [5.41, 5.74) is 1.72. The lowest BCUT2D eigenvalue weighted by atomic mass is 10.1. The molecular formula is C15H20ClN3. The van der Waals surface area contributed by atoms with Crippen molar-refractivity contribution in [2.24, 2.45) is 0 Å². The highest BCUT2D eigenvalue weighted by atomic mass is 35.5. The molecule has 0 aromatic heterocycles. The molecule has 1 heterocycles. The minimum atomic E-state index is 0.613. The normalized spacial score (nSPS) is 20.0. The molecule has 0 bridgehead atoms. The molecule has 0 aliphatic carbocycles. The van der Waals surface area contributed by atoms with Crippen molar-refractivity contribution in [3.63, 3.8) is 0 Å². The molecule has 1 aliphatic heterocycles. The van der Waals surface area contributed by atoms with Gasteiger partial charge in [0.2, 0.25) is 0 Å². The molecule has 1 aromatic carbocycles. The van der Waals surface area contributed by atoms with E-state index in [-0.39, 0.29) is 0 Å². The molecule has 102 valence electrons. The number of benzene rings is 1. The van der Waals surface area contributed by atoms with Crippen molar-refractivity contribution in [1.29, 1.82) is 5.26 Å². The van der Waals surface area contributed by atoms with Crippen molar-refractivity contribution in [2.45, 2.75) is 31.8 Å². The summed E-state index contributed by atoms with van der Waals surface area (Å²) >= 11 is 6.23. The van der Waals surface area contributed by atoms with E-state index in [9.17, 15) is 0 Å². The van der Waals surface area contributed by atoms with Gasteiger partial charge in [0.25, 0.3) is 0 Å². The number of hydrogen-bond donors (Lipinski definition) is 1. The minimum Gasteiger partial charge on any atom is -0.317 e. The van der Waals surface area contributed by atoms with Crippen molar-refractivity contribution in [3.05, 3.63) is 34.3 Å². The van der Waals surface area contributed by atoms with Gasteiger partial charge in [0.15, 0.2) is 0 Å². The molecule has 0 saturated carbocycles. The molecule has 0 amide bonds. The Labute approximate surface area is 120 Å². The van der Waals surface area contributed by atoms with Crippen LogP contribution in [0.3, 0.4) is 0 Å². The van der Waals surface area contributed by atoms with Crippen LogP contribution in [0.15, 0.2) is 18.2 Å². The zero-order valence-electron chi connectivity index (χ0n) is 11.3. The van der Waals surface area contributed by atoms with E-state index in [4.69, 9.17) is 16.9 Å². The average Bonchev–Trinajstić information content (AvgIpc) is 2.70. The van der Waals surface area contributed by atoms with Gasteiger partial charge in [-0.05, 0) is 57.1 Å². The van der Waals surface area contributed by atoms with Gasteiger partial charge in [-0.1, -0.05) is 17.7 Å². The van der Waals surface area contributed by atoms with E-state index in [2.05, 4.69) is 23.3 Å². The summed E-state index contributed by atoms with van der Waals surface area (Å²) in [6.45, 7) is 3.06. The summed E-state index contributed by atoms with van der Waals surface area (Å²) < 4.78 is 0. The van der Waals surface area contributed by atoms with Crippen molar-refractivity contribution < 1.29 is 0 Å². The van der Waals surface area contributed by atoms with E-state index >= 15 is 0 Å². The molecule has 3 nitrogen and oxygen atoms in total. The van der Waals surface area contributed by atoms with Crippen molar-refractivity contribution in [3.8, 4) is 6.07 Å². The number of nitrogens with one attached hydrogen (secondary N) is 1. The van der Waals surface area contributed by atoms with Gasteiger partial charge in [0, 0.05) is 17.6 Å². The van der Waals surface area contributed by atoms with Crippen LogP contribution in [0.2, 0.25) is 5.02 Å². The maximum atomic E-state index is 8.84. The second kappa shape index (κ2) is 6.91. The summed E-state index contributed by atoms with van der Waals surface area (Å²) in [6.07, 6.45) is 3.65. The molecule has 0 spiro atoms. The molecule has 1 aromatic rings. The van der Waals surface area contributed by atoms with Gasteiger partial charge < -0.3 is 5.32 Å². The fourth-order valence-electron chi connectivity index (χ4n) is 2.58. The van der Waals surface area contributed by atoms with Gasteiger partial charge in [0.05, 0.1) is 11.6 Å². The van der Waals surface area contributed by atoms with Gasteiger partial charge in [-0.3, -0.25) is 4.90 Å². The lowest BCUT2D eigenvalue weighted by Gasteiger charge is -2.27. The van der Waals surface area contributed by atoms with E-state index in [0.29, 0.717) is 16.6 Å². The highest BCUT2D eigenvalue weighted by molar-refractivity contribution is 6.31. The number of rotatable bonds is 3. The Kier molecular flexibility index (Phi) is 5.21. The molecule has 4 heteroatoms. The summed E-state index contributed by atoms with van der Waals surface area (Å²) in [7, 11) is 2.16. The van der Waals surface area contributed by atoms with Gasteiger partial charge in [-0.25, -0.2) is 0 Å². The largest absolute Gasteiger partial charge is 0.317 e. The number of halogens is 1. The Balaban J connectivity index is 2.01. The first-order chi connectivity index (χ1) is 9.20. The van der Waals surface area contributed by atoms with Gasteiger partial charge in [-0.15, -0.1) is 0 Å². The van der Waals surface area contributed by atoms with E-state index in [1.54, 1.807) is 6.07 Å². The summed E-state index contributed by atoms with van der Waals surface area (Å²) in [5.74, 6) is 0. The second-order valence-corrected chi connectivity index (χ2v) is 5.58. The van der Waals surface area contributed by atoms with Crippen molar-refractivity contribution in [1.82, 2.24) is 10.2 Å². The molecular weight excluding hydrogens is 258 g/mol. The number of nitriles is 1. The first-order valence-electron chi connectivity index (χ1n) is 6.80. The molecule has 1 atom stereocenters. The van der Waals surface area contributed by atoms with E-state index in [0.717, 1.165) is 25.2 Å². The molecule has 2 rings (SSSR count). The first-order valence-corrected chi connectivity index (χ1v) is 7.18. The van der Waals surface area contributed by atoms with Crippen LogP contribution < -0.4 is 5.32 Å². The first kappa shape index (κ1) is 14.3. The van der Waals surface area contributed by atoms with Gasteiger partial charge >= 0.3 is 0 Å². The third-order valence-corrected chi connectivity index (χ3v) is 4.12. The molecule has 1 unspecified atom stereocenters. The smallest absolute Gasteiger partial charge is 0.0992 e. The molecule has 19 heavy (non-hydrogen) atoms. The molecule has 0 radical (unpaired) electrons. The lowest BCUT2D eigenvalue weighted by Crippen LogP contribution is -2.32.